The number of hydrogen-bond acceptors (Lipinski definition) is 2. The van der Waals surface area contributed by atoms with Gasteiger partial charge in [-0.05, 0) is 32.1 Å². The van der Waals surface area contributed by atoms with Crippen LogP contribution < -0.4 is 0 Å². The van der Waals surface area contributed by atoms with Crippen LogP contribution in [0.25, 0.3) is 0 Å². The van der Waals surface area contributed by atoms with Crippen LogP contribution in [0.4, 0.5) is 0 Å². The summed E-state index contributed by atoms with van der Waals surface area (Å²) in [6, 6.07) is 0.430. The number of imidazole rings is 1. The maximum absolute atomic E-state index is 9.80. The van der Waals surface area contributed by atoms with Crippen LogP contribution in [0, 0.1) is 12.8 Å². The zero-order valence-corrected chi connectivity index (χ0v) is 10.5. The van der Waals surface area contributed by atoms with E-state index in [4.69, 9.17) is 0 Å². The topological polar surface area (TPSA) is 38.0 Å². The van der Waals surface area contributed by atoms with Gasteiger partial charge in [-0.1, -0.05) is 13.8 Å². The Morgan fingerprint density at radius 2 is 2.25 bits per heavy atom. The van der Waals surface area contributed by atoms with Crippen molar-refractivity contribution in [2.45, 2.75) is 58.6 Å². The highest BCUT2D eigenvalue weighted by molar-refractivity contribution is 5.05. The minimum Gasteiger partial charge on any atom is -0.393 e. The number of hydrogen-bond donors (Lipinski definition) is 1. The van der Waals surface area contributed by atoms with Gasteiger partial charge in [-0.25, -0.2) is 4.98 Å². The third-order valence-electron chi connectivity index (χ3n) is 3.73. The first-order valence-electron chi connectivity index (χ1n) is 6.34. The van der Waals surface area contributed by atoms with Gasteiger partial charge in [-0.2, -0.15) is 0 Å². The molecule has 1 fully saturated rings. The Labute approximate surface area is 97.5 Å². The Morgan fingerprint density at radius 1 is 1.50 bits per heavy atom. The summed E-state index contributed by atoms with van der Waals surface area (Å²) in [6.07, 6.45) is 5.92. The maximum atomic E-state index is 9.80. The zero-order valence-electron chi connectivity index (χ0n) is 10.5. The molecule has 1 N–H and O–H groups in total. The molecule has 1 aliphatic carbocycles. The molecule has 0 bridgehead atoms. The largest absolute Gasteiger partial charge is 0.393 e. The molecule has 1 heterocycles. The molecule has 0 spiro atoms. The van der Waals surface area contributed by atoms with Crippen molar-refractivity contribution in [1.29, 1.82) is 0 Å². The van der Waals surface area contributed by atoms with Crippen molar-refractivity contribution >= 4 is 0 Å². The summed E-state index contributed by atoms with van der Waals surface area (Å²) in [4.78, 5) is 4.55. The first-order valence-corrected chi connectivity index (χ1v) is 6.34. The van der Waals surface area contributed by atoms with Crippen LogP contribution in [-0.4, -0.2) is 20.8 Å². The Balaban J connectivity index is 2.26. The second-order valence-electron chi connectivity index (χ2n) is 5.07. The fourth-order valence-electron chi connectivity index (χ4n) is 2.78. The highest BCUT2D eigenvalue weighted by Crippen LogP contribution is 2.34. The summed E-state index contributed by atoms with van der Waals surface area (Å²) in [7, 11) is 0. The van der Waals surface area contributed by atoms with E-state index in [9.17, 15) is 5.11 Å². The average Bonchev–Trinajstić information content (AvgIpc) is 2.63. The average molecular weight is 222 g/mol. The molecule has 2 rings (SSSR count). The zero-order chi connectivity index (χ0) is 11.7. The lowest BCUT2D eigenvalue weighted by Gasteiger charge is -2.33. The number of rotatable bonds is 2. The Kier molecular flexibility index (Phi) is 3.33. The minimum atomic E-state index is -0.131. The van der Waals surface area contributed by atoms with Gasteiger partial charge in [0.1, 0.15) is 5.82 Å². The molecular weight excluding hydrogens is 200 g/mol. The molecule has 1 saturated carbocycles. The molecule has 0 radical (unpaired) electrons. The Hall–Kier alpha value is -0.830. The predicted octanol–water partition coefficient (Wildman–Crippen LogP) is 2.48. The highest BCUT2D eigenvalue weighted by Gasteiger charge is 2.29. The van der Waals surface area contributed by atoms with Crippen LogP contribution in [0.1, 0.15) is 50.7 Å². The van der Waals surface area contributed by atoms with Crippen LogP contribution in [0.5, 0.6) is 0 Å². The number of aromatic nitrogens is 2. The standard InChI is InChI=1S/C13H22N2O/c1-4-13-14-10(3)8-15(13)12-7-11(16)6-5-9(12)2/h8-9,11-12,16H,4-7H2,1-3H3. The van der Waals surface area contributed by atoms with Crippen molar-refractivity contribution in [1.82, 2.24) is 9.55 Å². The lowest BCUT2D eigenvalue weighted by atomic mass is 9.84. The molecule has 0 saturated heterocycles. The molecule has 3 heteroatoms. The third kappa shape index (κ3) is 2.14. The van der Waals surface area contributed by atoms with Crippen LogP contribution in [-0.2, 0) is 6.42 Å². The van der Waals surface area contributed by atoms with Crippen molar-refractivity contribution < 1.29 is 5.11 Å². The summed E-state index contributed by atoms with van der Waals surface area (Å²) in [5.41, 5.74) is 1.09. The molecule has 3 atom stereocenters. The second kappa shape index (κ2) is 4.58. The first-order chi connectivity index (χ1) is 7.61. The molecule has 0 aliphatic heterocycles. The normalized spacial score (nSPS) is 30.6. The molecular formula is C13H22N2O. The summed E-state index contributed by atoms with van der Waals surface area (Å²) >= 11 is 0. The van der Waals surface area contributed by atoms with E-state index < -0.39 is 0 Å². The van der Waals surface area contributed by atoms with E-state index in [1.165, 1.54) is 0 Å². The number of aliphatic hydroxyl groups is 1. The highest BCUT2D eigenvalue weighted by atomic mass is 16.3. The third-order valence-corrected chi connectivity index (χ3v) is 3.73. The van der Waals surface area contributed by atoms with E-state index in [2.05, 4.69) is 29.6 Å². The Morgan fingerprint density at radius 3 is 2.94 bits per heavy atom. The monoisotopic (exact) mass is 222 g/mol. The van der Waals surface area contributed by atoms with E-state index in [0.29, 0.717) is 12.0 Å². The van der Waals surface area contributed by atoms with Gasteiger partial charge in [0.15, 0.2) is 0 Å². The second-order valence-corrected chi connectivity index (χ2v) is 5.07. The van der Waals surface area contributed by atoms with E-state index >= 15 is 0 Å². The van der Waals surface area contributed by atoms with Crippen LogP contribution in [0.2, 0.25) is 0 Å². The van der Waals surface area contributed by atoms with Gasteiger partial charge in [-0.15, -0.1) is 0 Å². The fourth-order valence-corrected chi connectivity index (χ4v) is 2.78. The van der Waals surface area contributed by atoms with Crippen molar-refractivity contribution in [2.24, 2.45) is 5.92 Å². The van der Waals surface area contributed by atoms with E-state index in [-0.39, 0.29) is 6.10 Å². The fraction of sp³-hybridized carbons (Fsp3) is 0.769. The summed E-state index contributed by atoms with van der Waals surface area (Å²) in [5.74, 6) is 1.80. The molecule has 1 aromatic heterocycles. The Bertz CT molecular complexity index is 359. The molecule has 3 unspecified atom stereocenters. The van der Waals surface area contributed by atoms with Crippen LogP contribution >= 0.6 is 0 Å². The number of aryl methyl sites for hydroxylation is 2. The molecule has 1 aromatic rings. The molecule has 16 heavy (non-hydrogen) atoms. The maximum Gasteiger partial charge on any atom is 0.108 e. The summed E-state index contributed by atoms with van der Waals surface area (Å²) in [6.45, 7) is 6.47. The molecule has 90 valence electrons. The SMILES string of the molecule is CCc1nc(C)cn1C1CC(O)CCC1C. The molecule has 1 aliphatic rings. The van der Waals surface area contributed by atoms with Crippen molar-refractivity contribution in [3.05, 3.63) is 17.7 Å². The van der Waals surface area contributed by atoms with Gasteiger partial charge in [0.25, 0.3) is 0 Å². The smallest absolute Gasteiger partial charge is 0.108 e. The summed E-state index contributed by atoms with van der Waals surface area (Å²) in [5, 5.41) is 9.80. The predicted molar refractivity (Wildman–Crippen MR) is 64.4 cm³/mol. The van der Waals surface area contributed by atoms with Crippen molar-refractivity contribution in [3.8, 4) is 0 Å². The lowest BCUT2D eigenvalue weighted by molar-refractivity contribution is 0.0770. The van der Waals surface area contributed by atoms with Gasteiger partial charge in [0.05, 0.1) is 11.8 Å². The van der Waals surface area contributed by atoms with Gasteiger partial charge < -0.3 is 9.67 Å². The first kappa shape index (κ1) is 11.6. The molecule has 3 nitrogen and oxygen atoms in total. The van der Waals surface area contributed by atoms with Gasteiger partial charge in [0.2, 0.25) is 0 Å². The van der Waals surface area contributed by atoms with Gasteiger partial charge in [0, 0.05) is 18.7 Å². The van der Waals surface area contributed by atoms with E-state index in [1.54, 1.807) is 0 Å². The number of nitrogens with zero attached hydrogens (tertiary/aromatic N) is 2. The van der Waals surface area contributed by atoms with Crippen molar-refractivity contribution in [2.75, 3.05) is 0 Å². The van der Waals surface area contributed by atoms with Crippen molar-refractivity contribution in [3.63, 3.8) is 0 Å². The molecule has 0 aromatic carbocycles. The van der Waals surface area contributed by atoms with Crippen LogP contribution in [0.15, 0.2) is 6.20 Å². The van der Waals surface area contributed by atoms with Gasteiger partial charge in [-0.3, -0.25) is 0 Å². The number of aliphatic hydroxyl groups excluding tert-OH is 1. The van der Waals surface area contributed by atoms with Crippen LogP contribution in [0.3, 0.4) is 0 Å². The van der Waals surface area contributed by atoms with Gasteiger partial charge >= 0.3 is 0 Å². The summed E-state index contributed by atoms with van der Waals surface area (Å²) < 4.78 is 2.29. The molecule has 0 amide bonds. The quantitative estimate of drug-likeness (QED) is 0.834. The van der Waals surface area contributed by atoms with E-state index in [1.807, 2.05) is 6.92 Å². The van der Waals surface area contributed by atoms with E-state index in [0.717, 1.165) is 37.2 Å². The minimum absolute atomic E-state index is 0.131. The lowest BCUT2D eigenvalue weighted by Crippen LogP contribution is -2.29.